The molecule has 6 fully saturated rings. The molecular formula is C37H48BrFO3. The average Bonchev–Trinajstić information content (AvgIpc) is 3.10. The Kier molecular flexibility index (Phi) is 5.99. The molecule has 228 valence electrons. The molecule has 1 saturated heterocycles. The first kappa shape index (κ1) is 29.2. The monoisotopic (exact) mass is 638 g/mol. The van der Waals surface area contributed by atoms with Gasteiger partial charge in [0.05, 0.1) is 5.41 Å². The van der Waals surface area contributed by atoms with Crippen LogP contribution in [0.5, 0.6) is 0 Å². The fourth-order valence-electron chi connectivity index (χ4n) is 12.5. The third-order valence-corrected chi connectivity index (χ3v) is 15.5. The van der Waals surface area contributed by atoms with Gasteiger partial charge in [0.15, 0.2) is 11.4 Å². The van der Waals surface area contributed by atoms with Crippen molar-refractivity contribution in [3.63, 3.8) is 0 Å². The highest BCUT2D eigenvalue weighted by molar-refractivity contribution is 9.10. The number of alkyl halides is 1. The summed E-state index contributed by atoms with van der Waals surface area (Å²) >= 11 is 3.68. The van der Waals surface area contributed by atoms with Crippen LogP contribution in [0.25, 0.3) is 6.08 Å². The topological polar surface area (TPSA) is 43.4 Å². The second-order valence-electron chi connectivity index (χ2n) is 17.3. The Labute approximate surface area is 259 Å². The van der Waals surface area contributed by atoms with Gasteiger partial charge in [-0.2, -0.15) is 0 Å². The first-order valence-electron chi connectivity index (χ1n) is 16.4. The van der Waals surface area contributed by atoms with Gasteiger partial charge in [-0.05, 0) is 109 Å². The van der Waals surface area contributed by atoms with Crippen molar-refractivity contribution in [1.82, 2.24) is 0 Å². The maximum absolute atomic E-state index is 17.5. The average molecular weight is 640 g/mol. The maximum Gasteiger partial charge on any atom is 0.313 e. The number of rotatable bonds is 1. The molecule has 0 N–H and O–H groups in total. The molecule has 1 aliphatic heterocycles. The summed E-state index contributed by atoms with van der Waals surface area (Å²) in [6, 6.07) is 8.06. The van der Waals surface area contributed by atoms with E-state index in [1.807, 2.05) is 24.3 Å². The van der Waals surface area contributed by atoms with Crippen LogP contribution in [0.3, 0.4) is 0 Å². The summed E-state index contributed by atoms with van der Waals surface area (Å²) in [5.74, 6) is 0.330. The number of hydrogen-bond acceptors (Lipinski definition) is 3. The van der Waals surface area contributed by atoms with Gasteiger partial charge in [-0.3, -0.25) is 9.59 Å². The van der Waals surface area contributed by atoms with E-state index in [4.69, 9.17) is 4.74 Å². The molecule has 0 aromatic heterocycles. The molecule has 0 unspecified atom stereocenters. The van der Waals surface area contributed by atoms with Crippen LogP contribution in [-0.4, -0.2) is 23.5 Å². The van der Waals surface area contributed by atoms with E-state index in [0.717, 1.165) is 60.6 Å². The van der Waals surface area contributed by atoms with Crippen LogP contribution >= 0.6 is 15.9 Å². The van der Waals surface area contributed by atoms with E-state index in [-0.39, 0.29) is 45.8 Å². The molecule has 7 rings (SSSR count). The molecule has 1 aromatic carbocycles. The van der Waals surface area contributed by atoms with E-state index < -0.39 is 28.0 Å². The van der Waals surface area contributed by atoms with Crippen LogP contribution in [0.15, 0.2) is 34.3 Å². The minimum atomic E-state index is -1.20. The molecule has 5 saturated carbocycles. The predicted octanol–water partition coefficient (Wildman–Crippen LogP) is 9.52. The number of allylic oxidation sites excluding steroid dienone is 1. The van der Waals surface area contributed by atoms with Crippen molar-refractivity contribution < 1.29 is 18.7 Å². The standard InChI is InChI=1S/C37H48BrFO3/c1-31(2)14-16-36-17-15-35(7)34(6)13-12-25-32(3,4)29(40)23(18-22-10-8-9-11-24(22)38)20-33(25,5)26(34)19-28(39)37(35,27(36)21-31)42-30(36)41/h8-11,18,25-28H,12-17,19-21H2,1-7H3/b23-18+/t25-,26+,27+,28+,33-,34+,35-,36-,37+/m0/s1. The van der Waals surface area contributed by atoms with Gasteiger partial charge in [-0.15, -0.1) is 0 Å². The molecule has 5 aliphatic carbocycles. The molecule has 1 spiro atoms. The van der Waals surface area contributed by atoms with E-state index in [1.165, 1.54) is 0 Å². The van der Waals surface area contributed by atoms with Gasteiger partial charge in [0, 0.05) is 21.2 Å². The second-order valence-corrected chi connectivity index (χ2v) is 18.1. The lowest BCUT2D eigenvalue weighted by Crippen LogP contribution is -2.75. The summed E-state index contributed by atoms with van der Waals surface area (Å²) in [6.07, 6.45) is 8.19. The molecule has 1 aromatic rings. The number of hydrogen-bond donors (Lipinski definition) is 0. The summed E-state index contributed by atoms with van der Waals surface area (Å²) in [5, 5.41) is 0. The number of fused-ring (bicyclic) bond motifs is 4. The van der Waals surface area contributed by atoms with Crippen molar-refractivity contribution in [2.75, 3.05) is 0 Å². The molecule has 3 nitrogen and oxygen atoms in total. The minimum absolute atomic E-state index is 0.0615. The van der Waals surface area contributed by atoms with E-state index in [1.54, 1.807) is 0 Å². The van der Waals surface area contributed by atoms with Crippen molar-refractivity contribution in [1.29, 1.82) is 0 Å². The summed E-state index contributed by atoms with van der Waals surface area (Å²) in [7, 11) is 0. The van der Waals surface area contributed by atoms with Crippen molar-refractivity contribution in [2.24, 2.45) is 50.2 Å². The van der Waals surface area contributed by atoms with Crippen LogP contribution in [0, 0.1) is 50.2 Å². The molecule has 42 heavy (non-hydrogen) atoms. The zero-order valence-electron chi connectivity index (χ0n) is 26.5. The summed E-state index contributed by atoms with van der Waals surface area (Å²) < 4.78 is 25.1. The second kappa shape index (κ2) is 8.61. The number of ketones is 1. The summed E-state index contributed by atoms with van der Waals surface area (Å²) in [6.45, 7) is 15.9. The Morgan fingerprint density at radius 3 is 2.31 bits per heavy atom. The Hall–Kier alpha value is -1.49. The molecule has 2 bridgehead atoms. The number of Topliss-reactive ketones (excluding diaryl/α,β-unsaturated/α-hetero) is 1. The lowest BCUT2D eigenvalue weighted by molar-refractivity contribution is -0.299. The zero-order valence-corrected chi connectivity index (χ0v) is 28.1. The summed E-state index contributed by atoms with van der Waals surface area (Å²) in [4.78, 5) is 27.9. The fraction of sp³-hybridized carbons (Fsp3) is 0.730. The highest BCUT2D eigenvalue weighted by Crippen LogP contribution is 2.81. The SMILES string of the molecule is CC1(C)CC[C@@]23CC[C@]4(C)[C@](OC2=O)([C@H](F)C[C@@H]2[C@@]5(C)C/C(=C\c6ccccc6Br)C(=O)C(C)(C)[C@@H]5CC[C@]24C)[C@@H]3C1. The summed E-state index contributed by atoms with van der Waals surface area (Å²) in [5.41, 5.74) is -1.04. The quantitative estimate of drug-likeness (QED) is 0.227. The highest BCUT2D eigenvalue weighted by Gasteiger charge is 2.84. The van der Waals surface area contributed by atoms with E-state index in [2.05, 4.69) is 70.5 Å². The first-order chi connectivity index (χ1) is 19.5. The van der Waals surface area contributed by atoms with E-state index in [9.17, 15) is 9.59 Å². The van der Waals surface area contributed by atoms with Crippen LogP contribution < -0.4 is 0 Å². The number of benzene rings is 1. The lowest BCUT2D eigenvalue weighted by Gasteiger charge is -2.74. The van der Waals surface area contributed by atoms with Crippen molar-refractivity contribution in [3.05, 3.63) is 39.9 Å². The fourth-order valence-corrected chi connectivity index (χ4v) is 12.9. The maximum atomic E-state index is 17.5. The van der Waals surface area contributed by atoms with E-state index in [0.29, 0.717) is 12.8 Å². The number of halogens is 2. The number of carbonyl (C=O) groups excluding carboxylic acids is 2. The van der Waals surface area contributed by atoms with Gasteiger partial charge in [0.25, 0.3) is 0 Å². The number of esters is 1. The smallest absolute Gasteiger partial charge is 0.313 e. The van der Waals surface area contributed by atoms with Gasteiger partial charge < -0.3 is 4.74 Å². The third-order valence-electron chi connectivity index (χ3n) is 14.8. The molecular weight excluding hydrogens is 591 g/mol. The number of ether oxygens (including phenoxy) is 1. The third kappa shape index (κ3) is 3.28. The first-order valence-corrected chi connectivity index (χ1v) is 17.2. The molecule has 0 amide bonds. The van der Waals surface area contributed by atoms with Gasteiger partial charge in [0.2, 0.25) is 0 Å². The van der Waals surface area contributed by atoms with Gasteiger partial charge in [-0.25, -0.2) is 4.39 Å². The molecule has 9 atom stereocenters. The zero-order chi connectivity index (χ0) is 30.3. The minimum Gasteiger partial charge on any atom is -0.455 e. The molecule has 1 heterocycles. The van der Waals surface area contributed by atoms with Crippen molar-refractivity contribution in [3.8, 4) is 0 Å². The van der Waals surface area contributed by atoms with Crippen LogP contribution in [0.4, 0.5) is 4.39 Å². The predicted molar refractivity (Wildman–Crippen MR) is 167 cm³/mol. The normalized spacial score (nSPS) is 49.4. The van der Waals surface area contributed by atoms with Crippen LogP contribution in [0.1, 0.15) is 112 Å². The van der Waals surface area contributed by atoms with Crippen LogP contribution in [0.2, 0.25) is 0 Å². The number of carbonyl (C=O) groups is 2. The Morgan fingerprint density at radius 2 is 1.60 bits per heavy atom. The van der Waals surface area contributed by atoms with E-state index >= 15 is 4.39 Å². The molecule has 6 aliphatic rings. The van der Waals surface area contributed by atoms with Crippen molar-refractivity contribution >= 4 is 33.8 Å². The van der Waals surface area contributed by atoms with Gasteiger partial charge in [0.1, 0.15) is 6.17 Å². The van der Waals surface area contributed by atoms with Gasteiger partial charge >= 0.3 is 5.97 Å². The lowest BCUT2D eigenvalue weighted by atomic mass is 9.30. The highest BCUT2D eigenvalue weighted by atomic mass is 79.9. The van der Waals surface area contributed by atoms with Crippen LogP contribution in [-0.2, 0) is 14.3 Å². The Bertz CT molecular complexity index is 1410. The molecule has 5 heteroatoms. The Balaban J connectivity index is 1.35. The Morgan fingerprint density at radius 1 is 0.905 bits per heavy atom. The largest absolute Gasteiger partial charge is 0.455 e. The van der Waals surface area contributed by atoms with Gasteiger partial charge in [-0.1, -0.05) is 82.6 Å². The molecule has 0 radical (unpaired) electrons. The van der Waals surface area contributed by atoms with Crippen molar-refractivity contribution in [2.45, 2.75) is 118 Å².